The Bertz CT molecular complexity index is 1750. The lowest BCUT2D eigenvalue weighted by atomic mass is 9.92. The number of nitro benzene ring substituents is 1. The van der Waals surface area contributed by atoms with Gasteiger partial charge in [0.2, 0.25) is 0 Å². The summed E-state index contributed by atoms with van der Waals surface area (Å²) in [5.41, 5.74) is 20.6. The van der Waals surface area contributed by atoms with Crippen LogP contribution in [-0.4, -0.2) is 18.3 Å². The van der Waals surface area contributed by atoms with Crippen LogP contribution in [0.15, 0.2) is 66.7 Å². The molecule has 4 aliphatic heterocycles. The van der Waals surface area contributed by atoms with Crippen molar-refractivity contribution >= 4 is 39.8 Å². The lowest BCUT2D eigenvalue weighted by Crippen LogP contribution is -2.49. The Morgan fingerprint density at radius 1 is 0.756 bits per heavy atom. The summed E-state index contributed by atoms with van der Waals surface area (Å²) in [7, 11) is 0. The third-order valence-corrected chi connectivity index (χ3v) is 8.98. The molecule has 4 aromatic rings. The summed E-state index contributed by atoms with van der Waals surface area (Å²) in [5, 5.41) is 14.6. The highest BCUT2D eigenvalue weighted by molar-refractivity contribution is 5.77. The highest BCUT2D eigenvalue weighted by Gasteiger charge is 2.36. The van der Waals surface area contributed by atoms with Gasteiger partial charge in [-0.05, 0) is 60.5 Å². The molecule has 9 heteroatoms. The van der Waals surface area contributed by atoms with E-state index in [0.29, 0.717) is 17.8 Å². The molecular formula is C32H31N7O2. The van der Waals surface area contributed by atoms with E-state index < -0.39 is 0 Å². The topological polar surface area (TPSA) is 94.1 Å². The minimum Gasteiger partial charge on any atom is -0.398 e. The monoisotopic (exact) mass is 545 g/mol. The third-order valence-electron chi connectivity index (χ3n) is 8.98. The number of rotatable bonds is 4. The summed E-state index contributed by atoms with van der Waals surface area (Å²) in [6.45, 7) is 8.02. The van der Waals surface area contributed by atoms with E-state index in [1.54, 1.807) is 12.1 Å². The van der Waals surface area contributed by atoms with E-state index >= 15 is 0 Å². The van der Waals surface area contributed by atoms with Gasteiger partial charge in [-0.15, -0.1) is 0 Å². The van der Waals surface area contributed by atoms with Gasteiger partial charge in [0.1, 0.15) is 0 Å². The fourth-order valence-electron chi connectivity index (χ4n) is 7.00. The predicted molar refractivity (Wildman–Crippen MR) is 163 cm³/mol. The first kappa shape index (κ1) is 23.9. The van der Waals surface area contributed by atoms with E-state index in [0.717, 1.165) is 45.2 Å². The summed E-state index contributed by atoms with van der Waals surface area (Å²) in [4.78, 5) is 20.8. The Labute approximate surface area is 238 Å². The molecule has 0 saturated carbocycles. The second-order valence-electron chi connectivity index (χ2n) is 11.6. The molecule has 41 heavy (non-hydrogen) atoms. The highest BCUT2D eigenvalue weighted by Crippen LogP contribution is 2.46. The van der Waals surface area contributed by atoms with Crippen molar-refractivity contribution in [3.8, 4) is 0 Å². The Balaban J connectivity index is 1.06. The molecule has 4 aliphatic rings. The molecule has 0 saturated heterocycles. The van der Waals surface area contributed by atoms with E-state index in [4.69, 9.17) is 5.73 Å². The maximum absolute atomic E-state index is 11.2. The second-order valence-corrected chi connectivity index (χ2v) is 11.6. The first-order valence-corrected chi connectivity index (χ1v) is 14.0. The first-order valence-electron chi connectivity index (χ1n) is 14.0. The van der Waals surface area contributed by atoms with E-state index in [9.17, 15) is 10.1 Å². The maximum Gasteiger partial charge on any atom is 0.269 e. The zero-order chi connectivity index (χ0) is 27.8. The van der Waals surface area contributed by atoms with Crippen LogP contribution in [0.1, 0.15) is 33.4 Å². The minimum absolute atomic E-state index is 0.0484. The van der Waals surface area contributed by atoms with Gasteiger partial charge < -0.3 is 30.7 Å². The van der Waals surface area contributed by atoms with Gasteiger partial charge >= 0.3 is 0 Å². The number of benzene rings is 4. The van der Waals surface area contributed by atoms with Crippen LogP contribution in [0.2, 0.25) is 0 Å². The number of hydrogen-bond acceptors (Lipinski definition) is 8. The van der Waals surface area contributed by atoms with E-state index in [2.05, 4.69) is 80.4 Å². The quantitative estimate of drug-likeness (QED) is 0.192. The zero-order valence-electron chi connectivity index (χ0n) is 22.9. The molecule has 9 nitrogen and oxygen atoms in total. The summed E-state index contributed by atoms with van der Waals surface area (Å²) in [6, 6.07) is 22.6. The number of hydrogen-bond donors (Lipinski definition) is 2. The van der Waals surface area contributed by atoms with Crippen molar-refractivity contribution in [2.75, 3.05) is 44.0 Å². The number of anilines is 6. The van der Waals surface area contributed by atoms with Gasteiger partial charge in [-0.3, -0.25) is 10.1 Å². The fourth-order valence-corrected chi connectivity index (χ4v) is 7.00. The number of aryl methyl sites for hydroxylation is 1. The van der Waals surface area contributed by atoms with Gasteiger partial charge in [-0.1, -0.05) is 17.7 Å². The molecule has 0 aromatic heterocycles. The Kier molecular flexibility index (Phi) is 5.13. The molecule has 0 atom stereocenters. The minimum atomic E-state index is -0.390. The predicted octanol–water partition coefficient (Wildman–Crippen LogP) is 5.69. The molecule has 8 rings (SSSR count). The maximum atomic E-state index is 11.2. The molecule has 0 unspecified atom stereocenters. The van der Waals surface area contributed by atoms with Gasteiger partial charge in [-0.25, -0.2) is 0 Å². The summed E-state index contributed by atoms with van der Waals surface area (Å²) in [5.74, 6) is 0. The van der Waals surface area contributed by atoms with Gasteiger partial charge in [0.05, 0.1) is 18.3 Å². The number of nitro groups is 1. The van der Waals surface area contributed by atoms with Crippen LogP contribution in [0.25, 0.3) is 0 Å². The number of nitrogens with zero attached hydrogens (tertiary/aromatic N) is 5. The van der Waals surface area contributed by atoms with Crippen LogP contribution >= 0.6 is 0 Å². The average molecular weight is 546 g/mol. The lowest BCUT2D eigenvalue weighted by molar-refractivity contribution is -0.384. The van der Waals surface area contributed by atoms with Crippen molar-refractivity contribution in [3.05, 3.63) is 110 Å². The van der Waals surface area contributed by atoms with Crippen LogP contribution < -0.4 is 30.7 Å². The van der Waals surface area contributed by atoms with Crippen molar-refractivity contribution in [2.24, 2.45) is 0 Å². The summed E-state index contributed by atoms with van der Waals surface area (Å²) in [6.07, 6.45) is 0. The first-order chi connectivity index (χ1) is 19.9. The molecule has 0 radical (unpaired) electrons. The van der Waals surface area contributed by atoms with Gasteiger partial charge in [-0.2, -0.15) is 0 Å². The number of nitrogens with one attached hydrogen (secondary N) is 1. The highest BCUT2D eigenvalue weighted by atomic mass is 16.6. The molecule has 0 fully saturated rings. The van der Waals surface area contributed by atoms with Gasteiger partial charge in [0.15, 0.2) is 0 Å². The van der Waals surface area contributed by atoms with Crippen LogP contribution in [0, 0.1) is 17.0 Å². The van der Waals surface area contributed by atoms with E-state index in [1.165, 1.54) is 56.6 Å². The molecule has 206 valence electrons. The van der Waals surface area contributed by atoms with Crippen LogP contribution in [0.4, 0.5) is 39.8 Å². The largest absolute Gasteiger partial charge is 0.398 e. The SMILES string of the molecule is Cc1ccc2c(c1)CN1CN2Cc2c1ccc1c2CN2CN1Cc1cc(NCc3cc([N+](=O)[O-])ccc3N)ccc12. The molecule has 3 N–H and O–H groups in total. The van der Waals surface area contributed by atoms with Crippen molar-refractivity contribution in [3.63, 3.8) is 0 Å². The molecule has 0 spiro atoms. The molecule has 0 aliphatic carbocycles. The number of nitrogens with two attached hydrogens (primary N) is 1. The summed E-state index contributed by atoms with van der Waals surface area (Å²) < 4.78 is 0. The zero-order valence-corrected chi connectivity index (χ0v) is 22.9. The molecular weight excluding hydrogens is 514 g/mol. The standard InChI is InChI=1S/C32H31N7O2/c1-20-2-6-29-22(10-20)14-35-18-37(29)16-26-27-17-38-19-36(32(27)9-8-31(26)35)15-23-11-24(3-7-30(23)38)34-13-21-12-25(39(40)41)4-5-28(21)33/h2-12,34H,13-19,33H2,1H3. The van der Waals surface area contributed by atoms with Crippen LogP contribution in [-0.2, 0) is 32.7 Å². The lowest BCUT2D eigenvalue weighted by Gasteiger charge is -2.49. The molecule has 4 bridgehead atoms. The Morgan fingerprint density at radius 2 is 1.34 bits per heavy atom. The smallest absolute Gasteiger partial charge is 0.269 e. The number of nitrogen functional groups attached to an aromatic ring is 1. The van der Waals surface area contributed by atoms with Crippen LogP contribution in [0.5, 0.6) is 0 Å². The average Bonchev–Trinajstić information content (AvgIpc) is 2.96. The molecule has 4 heterocycles. The fraction of sp³-hybridized carbons (Fsp3) is 0.250. The second kappa shape index (κ2) is 8.79. The Morgan fingerprint density at radius 3 is 2.00 bits per heavy atom. The van der Waals surface area contributed by atoms with Crippen molar-refractivity contribution in [2.45, 2.75) is 39.6 Å². The molecule has 4 aromatic carbocycles. The number of fused-ring (bicyclic) bond motifs is 13. The third kappa shape index (κ3) is 3.83. The van der Waals surface area contributed by atoms with Gasteiger partial charge in [0, 0.05) is 95.7 Å². The van der Waals surface area contributed by atoms with Crippen molar-refractivity contribution in [1.82, 2.24) is 0 Å². The van der Waals surface area contributed by atoms with Gasteiger partial charge in [0.25, 0.3) is 5.69 Å². The molecule has 0 amide bonds. The van der Waals surface area contributed by atoms with Crippen LogP contribution in [0.3, 0.4) is 0 Å². The Hall–Kier alpha value is -4.92. The summed E-state index contributed by atoms with van der Waals surface area (Å²) >= 11 is 0. The number of non-ortho nitro benzene ring substituents is 1. The van der Waals surface area contributed by atoms with E-state index in [1.807, 2.05) is 0 Å². The van der Waals surface area contributed by atoms with E-state index in [-0.39, 0.29) is 10.6 Å². The normalized spacial score (nSPS) is 16.0. The van der Waals surface area contributed by atoms with Crippen molar-refractivity contribution < 1.29 is 4.92 Å². The van der Waals surface area contributed by atoms with Crippen molar-refractivity contribution in [1.29, 1.82) is 0 Å².